The molecule has 0 amide bonds. The van der Waals surface area contributed by atoms with E-state index < -0.39 is 5.41 Å². The summed E-state index contributed by atoms with van der Waals surface area (Å²) in [5, 5.41) is 12.4. The van der Waals surface area contributed by atoms with E-state index in [-0.39, 0.29) is 0 Å². The number of rotatable bonds is 5. The summed E-state index contributed by atoms with van der Waals surface area (Å²) in [5.74, 6) is 0. The minimum atomic E-state index is -0.543. The summed E-state index contributed by atoms with van der Waals surface area (Å²) in [4.78, 5) is 2.58. The number of anilines is 3. The zero-order valence-corrected chi connectivity index (χ0v) is 39.8. The summed E-state index contributed by atoms with van der Waals surface area (Å²) in [7, 11) is 0. The number of nitrogens with zero attached hydrogens (tertiary/aromatic N) is 2. The highest BCUT2D eigenvalue weighted by atomic mass is 15.1. The van der Waals surface area contributed by atoms with Gasteiger partial charge in [0.1, 0.15) is 0 Å². The summed E-state index contributed by atoms with van der Waals surface area (Å²) in [6.45, 7) is 0. The van der Waals surface area contributed by atoms with Crippen molar-refractivity contribution in [3.8, 4) is 39.1 Å². The van der Waals surface area contributed by atoms with Crippen LogP contribution >= 0.6 is 0 Å². The van der Waals surface area contributed by atoms with Crippen LogP contribution in [0.15, 0.2) is 267 Å². The molecule has 1 heterocycles. The van der Waals surface area contributed by atoms with Gasteiger partial charge >= 0.3 is 0 Å². The van der Waals surface area contributed by atoms with Gasteiger partial charge in [-0.15, -0.1) is 0 Å². The quantitative estimate of drug-likeness (QED) is 0.156. The standard InChI is InChI=1S/C71H44N2/c1-2-21-46(22-3-1)73-68-36-17-13-31-59(68)60-40-38-48(42-69(60)73)72(47-37-39-55-53-26-7-6-24-51(53)52-25-8-9-27-54(52)61(55)41-47)70-44-67-62(43-63(70)50-32-18-20-45-19-4-5-23-49(45)50)58-30-12-16-35-66(58)71(67)64-33-14-10-28-56(64)57-29-11-15-34-65(57)71/h1-44H. The van der Waals surface area contributed by atoms with Crippen LogP contribution in [-0.2, 0) is 5.41 Å². The number of para-hydroxylation sites is 2. The highest BCUT2D eigenvalue weighted by Gasteiger charge is 2.52. The molecule has 1 aromatic heterocycles. The molecule has 13 aromatic carbocycles. The van der Waals surface area contributed by atoms with Gasteiger partial charge in [0.25, 0.3) is 0 Å². The molecule has 0 fully saturated rings. The first-order chi connectivity index (χ1) is 36.2. The Kier molecular flexibility index (Phi) is 8.41. The molecule has 2 aliphatic carbocycles. The van der Waals surface area contributed by atoms with Crippen LogP contribution in [0.3, 0.4) is 0 Å². The SMILES string of the molecule is c1ccc(-n2c3ccccc3c3ccc(N(c4ccc5c6ccccc6c6ccccc6c5c4)c4cc5c(cc4-c4cccc6ccccc46)-c4ccccc4C54c5ccccc5-c5ccccc54)cc32)cc1. The zero-order valence-electron chi connectivity index (χ0n) is 39.8. The maximum atomic E-state index is 2.59. The third kappa shape index (κ3) is 5.52. The van der Waals surface area contributed by atoms with Crippen molar-refractivity contribution in [3.05, 3.63) is 289 Å². The van der Waals surface area contributed by atoms with Crippen molar-refractivity contribution in [2.45, 2.75) is 5.41 Å². The van der Waals surface area contributed by atoms with Crippen molar-refractivity contribution < 1.29 is 0 Å². The van der Waals surface area contributed by atoms with E-state index >= 15 is 0 Å². The Labute approximate surface area is 422 Å². The second-order valence-electron chi connectivity index (χ2n) is 19.9. The lowest BCUT2D eigenvalue weighted by atomic mass is 9.70. The van der Waals surface area contributed by atoms with E-state index in [0.717, 1.165) is 28.3 Å². The second-order valence-corrected chi connectivity index (χ2v) is 19.9. The predicted octanol–water partition coefficient (Wildman–Crippen LogP) is 18.9. The fraction of sp³-hybridized carbons (Fsp3) is 0.0141. The smallest absolute Gasteiger partial charge is 0.0726 e. The molecule has 0 unspecified atom stereocenters. The van der Waals surface area contributed by atoms with Gasteiger partial charge in [0, 0.05) is 33.4 Å². The highest BCUT2D eigenvalue weighted by molar-refractivity contribution is 6.26. The average Bonchev–Trinajstić information content (AvgIpc) is 4.07. The molecule has 338 valence electrons. The molecule has 16 rings (SSSR count). The van der Waals surface area contributed by atoms with Crippen molar-refractivity contribution in [2.75, 3.05) is 4.90 Å². The molecule has 0 saturated carbocycles. The summed E-state index contributed by atoms with van der Waals surface area (Å²) in [5.41, 5.74) is 19.0. The van der Waals surface area contributed by atoms with Crippen molar-refractivity contribution in [1.82, 2.24) is 4.57 Å². The van der Waals surface area contributed by atoms with Gasteiger partial charge < -0.3 is 9.47 Å². The molecule has 2 heteroatoms. The Morgan fingerprint density at radius 1 is 0.260 bits per heavy atom. The van der Waals surface area contributed by atoms with Crippen molar-refractivity contribution in [3.63, 3.8) is 0 Å². The van der Waals surface area contributed by atoms with Crippen LogP contribution in [0.4, 0.5) is 17.1 Å². The van der Waals surface area contributed by atoms with Gasteiger partial charge in [-0.3, -0.25) is 0 Å². The Morgan fingerprint density at radius 2 is 0.726 bits per heavy atom. The molecule has 2 nitrogen and oxygen atoms in total. The Morgan fingerprint density at radius 3 is 1.40 bits per heavy atom. The first kappa shape index (κ1) is 40.3. The average molecular weight is 925 g/mol. The van der Waals surface area contributed by atoms with Crippen LogP contribution < -0.4 is 4.90 Å². The van der Waals surface area contributed by atoms with E-state index in [9.17, 15) is 0 Å². The van der Waals surface area contributed by atoms with Crippen LogP contribution in [0.25, 0.3) is 104 Å². The van der Waals surface area contributed by atoms with E-state index in [1.54, 1.807) is 0 Å². The minimum absolute atomic E-state index is 0.543. The van der Waals surface area contributed by atoms with Crippen LogP contribution in [0, 0.1) is 0 Å². The summed E-state index contributed by atoms with van der Waals surface area (Å²) in [6, 6.07) is 100. The Hall–Kier alpha value is -9.50. The molecular weight excluding hydrogens is 881 g/mol. The van der Waals surface area contributed by atoms with Gasteiger partial charge in [0.15, 0.2) is 0 Å². The maximum Gasteiger partial charge on any atom is 0.0726 e. The second kappa shape index (κ2) is 15.3. The van der Waals surface area contributed by atoms with Crippen molar-refractivity contribution in [1.29, 1.82) is 0 Å². The topological polar surface area (TPSA) is 8.17 Å². The van der Waals surface area contributed by atoms with E-state index in [0.29, 0.717) is 0 Å². The summed E-state index contributed by atoms with van der Waals surface area (Å²) in [6.07, 6.45) is 0. The van der Waals surface area contributed by atoms with E-state index in [1.165, 1.54) is 115 Å². The molecule has 0 saturated heterocycles. The van der Waals surface area contributed by atoms with E-state index in [2.05, 4.69) is 276 Å². The molecule has 73 heavy (non-hydrogen) atoms. The largest absolute Gasteiger partial charge is 0.310 e. The van der Waals surface area contributed by atoms with E-state index in [4.69, 9.17) is 0 Å². The molecule has 2 aliphatic rings. The molecule has 0 radical (unpaired) electrons. The number of hydrogen-bond acceptors (Lipinski definition) is 1. The van der Waals surface area contributed by atoms with Crippen LogP contribution in [0.1, 0.15) is 22.3 Å². The molecule has 14 aromatic rings. The lowest BCUT2D eigenvalue weighted by Crippen LogP contribution is -2.26. The van der Waals surface area contributed by atoms with Crippen molar-refractivity contribution >= 4 is 82.0 Å². The minimum Gasteiger partial charge on any atom is -0.310 e. The van der Waals surface area contributed by atoms with Gasteiger partial charge in [-0.25, -0.2) is 0 Å². The number of aromatic nitrogens is 1. The van der Waals surface area contributed by atoms with Gasteiger partial charge in [0.05, 0.1) is 22.1 Å². The molecule has 1 spiro atoms. The zero-order chi connectivity index (χ0) is 47.8. The molecule has 0 bridgehead atoms. The lowest BCUT2D eigenvalue weighted by molar-refractivity contribution is 0.794. The van der Waals surface area contributed by atoms with Crippen molar-refractivity contribution in [2.24, 2.45) is 0 Å². The van der Waals surface area contributed by atoms with Gasteiger partial charge in [0.2, 0.25) is 0 Å². The molecular formula is C71H44N2. The lowest BCUT2D eigenvalue weighted by Gasteiger charge is -2.33. The Bertz CT molecular complexity index is 4550. The normalized spacial score (nSPS) is 13.0. The van der Waals surface area contributed by atoms with Crippen LogP contribution in [-0.4, -0.2) is 4.57 Å². The predicted molar refractivity (Wildman–Crippen MR) is 307 cm³/mol. The third-order valence-electron chi connectivity index (χ3n) is 16.4. The highest BCUT2D eigenvalue weighted by Crippen LogP contribution is 2.64. The monoisotopic (exact) mass is 924 g/mol. The molecule has 0 aliphatic heterocycles. The molecule has 0 N–H and O–H groups in total. The van der Waals surface area contributed by atoms with Crippen LogP contribution in [0.5, 0.6) is 0 Å². The van der Waals surface area contributed by atoms with Crippen LogP contribution in [0.2, 0.25) is 0 Å². The van der Waals surface area contributed by atoms with Gasteiger partial charge in [-0.05, 0) is 148 Å². The van der Waals surface area contributed by atoms with E-state index in [1.807, 2.05) is 0 Å². The summed E-state index contributed by atoms with van der Waals surface area (Å²) >= 11 is 0. The van der Waals surface area contributed by atoms with Gasteiger partial charge in [-0.1, -0.05) is 212 Å². The first-order valence-electron chi connectivity index (χ1n) is 25.4. The molecule has 0 atom stereocenters. The fourth-order valence-electron chi connectivity index (χ4n) is 13.4. The Balaban J connectivity index is 1.08. The first-order valence-corrected chi connectivity index (χ1v) is 25.4. The maximum absolute atomic E-state index is 2.59. The fourth-order valence-corrected chi connectivity index (χ4v) is 13.4. The number of hydrogen-bond donors (Lipinski definition) is 0. The third-order valence-corrected chi connectivity index (χ3v) is 16.4. The number of benzene rings is 13. The van der Waals surface area contributed by atoms with Gasteiger partial charge in [-0.2, -0.15) is 0 Å². The number of fused-ring (bicyclic) bond motifs is 20. The summed E-state index contributed by atoms with van der Waals surface area (Å²) < 4.78 is 2.44.